The minimum absolute atomic E-state index is 0.0772. The van der Waals surface area contributed by atoms with Crippen molar-refractivity contribution in [3.8, 4) is 22.6 Å². The molecule has 1 atom stereocenters. The van der Waals surface area contributed by atoms with Gasteiger partial charge >= 0.3 is 6.03 Å². The standard InChI is InChI=1S/C46H53FN12O4/c1-26-21-31(8-12-37(26)59-20-15-38(60)55-45(59)62)58-18-13-29(14-19-58)23-48-16-17-49-30-7-11-35(50-24-30)36-22-34-40(51-25-52-41(34)54-36)33-10-9-32(27(2)39(33)47)28(3)53-43(61)42-56-44(63-57-42)46(4,5)6/h7-12,21-22,24-25,28-29,48-49H,13-20,23H2,1-6H3,(H,53,61)(H,51,52,54)(H,55,60,62)/t28-/m1/s1. The monoisotopic (exact) mass is 856 g/mol. The molecular weight excluding hydrogens is 804 g/mol. The van der Waals surface area contributed by atoms with Crippen LogP contribution in [0.3, 0.4) is 0 Å². The third-order valence-electron chi connectivity index (χ3n) is 11.8. The van der Waals surface area contributed by atoms with Crippen molar-refractivity contribution >= 4 is 45.9 Å². The van der Waals surface area contributed by atoms with Crippen molar-refractivity contribution < 1.29 is 23.3 Å². The van der Waals surface area contributed by atoms with Crippen LogP contribution in [0.5, 0.6) is 0 Å². The molecule has 0 saturated carbocycles. The minimum Gasteiger partial charge on any atom is -0.383 e. The van der Waals surface area contributed by atoms with E-state index in [1.165, 1.54) is 6.33 Å². The SMILES string of the molecule is Cc1cc(N2CCC(CNCCNc3ccc(-c4cc5c(-c6ccc([C@@H](C)NC(=O)c7noc(C(C)(C)C)n7)c(C)c6F)ncnc5[nH]4)nc3)CC2)ccc1N1CCC(=O)NC1=O. The summed E-state index contributed by atoms with van der Waals surface area (Å²) in [5.74, 6) is -0.320. The van der Waals surface area contributed by atoms with Crippen LogP contribution in [0, 0.1) is 25.6 Å². The average Bonchev–Trinajstić information content (AvgIpc) is 3.95. The Morgan fingerprint density at radius 1 is 1.00 bits per heavy atom. The molecule has 17 heteroatoms. The Labute approximate surface area is 364 Å². The highest BCUT2D eigenvalue weighted by Gasteiger charge is 2.28. The van der Waals surface area contributed by atoms with E-state index in [1.54, 1.807) is 37.1 Å². The lowest BCUT2D eigenvalue weighted by Gasteiger charge is -2.34. The van der Waals surface area contributed by atoms with Gasteiger partial charge in [0.15, 0.2) is 0 Å². The fraction of sp³-hybridized carbons (Fsp3) is 0.391. The third kappa shape index (κ3) is 9.38. The van der Waals surface area contributed by atoms with E-state index < -0.39 is 23.2 Å². The van der Waals surface area contributed by atoms with Crippen molar-refractivity contribution in [3.63, 3.8) is 0 Å². The maximum atomic E-state index is 16.1. The molecule has 0 unspecified atom stereocenters. The number of pyridine rings is 1. The molecule has 4 aromatic heterocycles. The summed E-state index contributed by atoms with van der Waals surface area (Å²) in [5, 5.41) is 16.8. The van der Waals surface area contributed by atoms with Crippen molar-refractivity contribution in [2.75, 3.05) is 54.4 Å². The van der Waals surface area contributed by atoms with Gasteiger partial charge in [-0.1, -0.05) is 32.0 Å². The van der Waals surface area contributed by atoms with E-state index in [2.05, 4.69) is 68.4 Å². The van der Waals surface area contributed by atoms with Gasteiger partial charge in [-0.2, -0.15) is 4.98 Å². The molecule has 0 bridgehead atoms. The van der Waals surface area contributed by atoms with Crippen LogP contribution >= 0.6 is 0 Å². The predicted molar refractivity (Wildman–Crippen MR) is 239 cm³/mol. The number of halogens is 1. The van der Waals surface area contributed by atoms with Crippen LogP contribution in [0.1, 0.15) is 86.2 Å². The molecule has 16 nitrogen and oxygen atoms in total. The first-order valence-corrected chi connectivity index (χ1v) is 21.4. The molecule has 328 valence electrons. The van der Waals surface area contributed by atoms with Gasteiger partial charge in [-0.15, -0.1) is 0 Å². The predicted octanol–water partition coefficient (Wildman–Crippen LogP) is 6.98. The molecule has 8 rings (SSSR count). The second kappa shape index (κ2) is 17.9. The van der Waals surface area contributed by atoms with Gasteiger partial charge in [0.05, 0.1) is 35.0 Å². The van der Waals surface area contributed by atoms with Gasteiger partial charge < -0.3 is 30.4 Å². The summed E-state index contributed by atoms with van der Waals surface area (Å²) in [6, 6.07) is 14.6. The van der Waals surface area contributed by atoms with Crippen molar-refractivity contribution in [1.82, 2.24) is 46.0 Å². The van der Waals surface area contributed by atoms with Crippen LogP contribution in [0.4, 0.5) is 26.2 Å². The van der Waals surface area contributed by atoms with Crippen molar-refractivity contribution in [2.45, 2.75) is 72.3 Å². The number of nitrogens with one attached hydrogen (secondary N) is 5. The Hall–Kier alpha value is -6.75. The van der Waals surface area contributed by atoms with Gasteiger partial charge in [0.2, 0.25) is 11.8 Å². The van der Waals surface area contributed by atoms with Crippen LogP contribution in [0.15, 0.2) is 65.6 Å². The second-order valence-corrected chi connectivity index (χ2v) is 17.4. The van der Waals surface area contributed by atoms with Crippen molar-refractivity contribution in [2.24, 2.45) is 5.92 Å². The topological polar surface area (TPSA) is 199 Å². The Bertz CT molecular complexity index is 2650. The fourth-order valence-corrected chi connectivity index (χ4v) is 8.19. The molecular formula is C46H53FN12O4. The number of piperidine rings is 1. The summed E-state index contributed by atoms with van der Waals surface area (Å²) in [7, 11) is 0. The van der Waals surface area contributed by atoms with Gasteiger partial charge in [0, 0.05) is 66.9 Å². The first-order chi connectivity index (χ1) is 30.2. The number of carbonyl (C=O) groups is 3. The number of urea groups is 1. The molecule has 2 aromatic carbocycles. The number of imide groups is 1. The van der Waals surface area contributed by atoms with Gasteiger partial charge in [0.1, 0.15) is 17.8 Å². The highest BCUT2D eigenvalue weighted by Crippen LogP contribution is 2.34. The van der Waals surface area contributed by atoms with Crippen LogP contribution < -0.4 is 31.1 Å². The van der Waals surface area contributed by atoms with E-state index in [0.717, 1.165) is 73.9 Å². The number of amides is 4. The zero-order valence-electron chi connectivity index (χ0n) is 36.4. The number of anilines is 3. The molecule has 5 N–H and O–H groups in total. The van der Waals surface area contributed by atoms with Gasteiger partial charge in [-0.3, -0.25) is 24.8 Å². The van der Waals surface area contributed by atoms with Crippen molar-refractivity contribution in [1.29, 1.82) is 0 Å². The summed E-state index contributed by atoms with van der Waals surface area (Å²) in [6.45, 7) is 16.0. The number of hydrogen-bond acceptors (Lipinski definition) is 12. The molecule has 0 aliphatic carbocycles. The molecule has 6 aromatic rings. The number of benzene rings is 2. The largest absolute Gasteiger partial charge is 0.383 e. The lowest BCUT2D eigenvalue weighted by atomic mass is 9.96. The summed E-state index contributed by atoms with van der Waals surface area (Å²) in [4.78, 5) is 62.0. The Balaban J connectivity index is 0.813. The Kier molecular flexibility index (Phi) is 12.2. The van der Waals surface area contributed by atoms with E-state index in [0.29, 0.717) is 63.9 Å². The Morgan fingerprint density at radius 3 is 2.52 bits per heavy atom. The number of nitrogens with zero attached hydrogens (tertiary/aromatic N) is 7. The van der Waals surface area contributed by atoms with Crippen LogP contribution in [0.2, 0.25) is 0 Å². The highest BCUT2D eigenvalue weighted by atomic mass is 19.1. The smallest absolute Gasteiger partial charge is 0.328 e. The quantitative estimate of drug-likeness (QED) is 0.0749. The van der Waals surface area contributed by atoms with E-state index in [1.807, 2.05) is 52.0 Å². The molecule has 0 spiro atoms. The maximum absolute atomic E-state index is 16.1. The highest BCUT2D eigenvalue weighted by molar-refractivity contribution is 6.06. The second-order valence-electron chi connectivity index (χ2n) is 17.4. The van der Waals surface area contributed by atoms with E-state index in [-0.39, 0.29) is 17.8 Å². The zero-order valence-corrected chi connectivity index (χ0v) is 36.4. The lowest BCUT2D eigenvalue weighted by molar-refractivity contribution is -0.120. The number of hydrogen-bond donors (Lipinski definition) is 5. The van der Waals surface area contributed by atoms with Gasteiger partial charge in [0.25, 0.3) is 11.7 Å². The Morgan fingerprint density at radius 2 is 1.81 bits per heavy atom. The minimum atomic E-state index is -0.534. The molecule has 2 fully saturated rings. The van der Waals surface area contributed by atoms with E-state index in [4.69, 9.17) is 4.52 Å². The summed E-state index contributed by atoms with van der Waals surface area (Å²) < 4.78 is 21.4. The average molecular weight is 857 g/mol. The zero-order chi connectivity index (χ0) is 44.4. The number of aromatic amines is 1. The van der Waals surface area contributed by atoms with E-state index >= 15 is 4.39 Å². The van der Waals surface area contributed by atoms with Gasteiger partial charge in [-0.05, 0) is 105 Å². The number of rotatable bonds is 13. The van der Waals surface area contributed by atoms with Gasteiger partial charge in [-0.25, -0.2) is 19.2 Å². The molecule has 2 aliphatic rings. The normalized spacial score (nSPS) is 15.5. The molecule has 2 aliphatic heterocycles. The number of aromatic nitrogens is 6. The number of fused-ring (bicyclic) bond motifs is 1. The van der Waals surface area contributed by atoms with Crippen molar-refractivity contribution in [3.05, 3.63) is 95.3 Å². The molecule has 4 amide bonds. The maximum Gasteiger partial charge on any atom is 0.328 e. The first kappa shape index (κ1) is 42.9. The summed E-state index contributed by atoms with van der Waals surface area (Å²) in [6.07, 6.45) is 5.69. The first-order valence-electron chi connectivity index (χ1n) is 21.4. The molecule has 2 saturated heterocycles. The lowest BCUT2D eigenvalue weighted by Crippen LogP contribution is -2.49. The molecule has 6 heterocycles. The fourth-order valence-electron chi connectivity index (χ4n) is 8.19. The van der Waals surface area contributed by atoms with Crippen LogP contribution in [-0.4, -0.2) is 87.2 Å². The number of carbonyl (C=O) groups excluding carboxylic acids is 3. The van der Waals surface area contributed by atoms with Crippen LogP contribution in [0.25, 0.3) is 33.7 Å². The van der Waals surface area contributed by atoms with E-state index in [9.17, 15) is 14.4 Å². The molecule has 0 radical (unpaired) electrons. The van der Waals surface area contributed by atoms with Crippen LogP contribution in [-0.2, 0) is 10.2 Å². The summed E-state index contributed by atoms with van der Waals surface area (Å²) in [5.41, 5.74) is 7.25. The molecule has 63 heavy (non-hydrogen) atoms. The number of aryl methyl sites for hydroxylation is 1. The summed E-state index contributed by atoms with van der Waals surface area (Å²) >= 11 is 0. The third-order valence-corrected chi connectivity index (χ3v) is 11.8. The number of H-pyrrole nitrogens is 1.